The highest BCUT2D eigenvalue weighted by atomic mass is 15.1. The van der Waals surface area contributed by atoms with Crippen molar-refractivity contribution in [3.63, 3.8) is 0 Å². The van der Waals surface area contributed by atoms with Crippen LogP contribution in [-0.2, 0) is 0 Å². The van der Waals surface area contributed by atoms with Crippen LogP contribution in [0, 0.1) is 0 Å². The van der Waals surface area contributed by atoms with Gasteiger partial charge in [0.2, 0.25) is 0 Å². The highest BCUT2D eigenvalue weighted by molar-refractivity contribution is 5.80. The van der Waals surface area contributed by atoms with Gasteiger partial charge in [-0.05, 0) is 24.3 Å². The van der Waals surface area contributed by atoms with E-state index in [1.54, 1.807) is 0 Å². The molecule has 0 spiro atoms. The zero-order valence-electron chi connectivity index (χ0n) is 8.17. The Bertz CT molecular complexity index is 586. The number of hydrogen-bond donors (Lipinski definition) is 0. The van der Waals surface area contributed by atoms with Crippen molar-refractivity contribution in [1.29, 1.82) is 0 Å². The van der Waals surface area contributed by atoms with Crippen molar-refractivity contribution in [3.8, 4) is 0 Å². The van der Waals surface area contributed by atoms with E-state index in [4.69, 9.17) is 0 Å². The van der Waals surface area contributed by atoms with Crippen LogP contribution in [0.25, 0.3) is 23.3 Å². The van der Waals surface area contributed by atoms with E-state index in [9.17, 15) is 0 Å². The van der Waals surface area contributed by atoms with Crippen LogP contribution < -0.4 is 0 Å². The van der Waals surface area contributed by atoms with Gasteiger partial charge in [-0.3, -0.25) is 4.57 Å². The maximum Gasteiger partial charge on any atom is 0.137 e. The lowest BCUT2D eigenvalue weighted by Gasteiger charge is -1.99. The van der Waals surface area contributed by atoms with Gasteiger partial charge in [-0.1, -0.05) is 30.4 Å². The molecule has 2 heterocycles. The van der Waals surface area contributed by atoms with Crippen molar-refractivity contribution >= 4 is 23.3 Å². The van der Waals surface area contributed by atoms with Crippen LogP contribution >= 0.6 is 0 Å². The average molecular weight is 194 g/mol. The summed E-state index contributed by atoms with van der Waals surface area (Å²) >= 11 is 0. The minimum atomic E-state index is 0.969. The number of rotatable bonds is 0. The standard InChI is InChI=1S/C13H10N2/c1-2-6-10-15-12-8-5-4-7-11(12)14-13(15)9-3-1/h1-10H. The smallest absolute Gasteiger partial charge is 0.137 e. The monoisotopic (exact) mass is 194 g/mol. The molecule has 2 nitrogen and oxygen atoms in total. The number of aromatic nitrogens is 2. The summed E-state index contributed by atoms with van der Waals surface area (Å²) < 4.78 is 2.09. The Labute approximate surface area is 87.9 Å². The fourth-order valence-corrected chi connectivity index (χ4v) is 1.74. The summed E-state index contributed by atoms with van der Waals surface area (Å²) in [5.41, 5.74) is 2.17. The van der Waals surface area contributed by atoms with Gasteiger partial charge in [0.15, 0.2) is 0 Å². The third kappa shape index (κ3) is 1.31. The second-order valence-corrected chi connectivity index (χ2v) is 3.41. The molecule has 0 saturated carbocycles. The van der Waals surface area contributed by atoms with Crippen LogP contribution in [0.4, 0.5) is 0 Å². The number of hydrogen-bond acceptors (Lipinski definition) is 1. The normalized spacial score (nSPS) is 13.9. The third-order valence-electron chi connectivity index (χ3n) is 2.44. The fraction of sp³-hybridized carbons (Fsp3) is 0. The van der Waals surface area contributed by atoms with Crippen LogP contribution in [0.5, 0.6) is 0 Å². The molecule has 3 rings (SSSR count). The Morgan fingerprint density at radius 1 is 0.933 bits per heavy atom. The summed E-state index contributed by atoms with van der Waals surface area (Å²) in [5, 5.41) is 0. The molecule has 0 N–H and O–H groups in total. The van der Waals surface area contributed by atoms with Crippen LogP contribution in [-0.4, -0.2) is 9.55 Å². The summed E-state index contributed by atoms with van der Waals surface area (Å²) in [4.78, 5) is 4.55. The third-order valence-corrected chi connectivity index (χ3v) is 2.44. The van der Waals surface area contributed by atoms with Gasteiger partial charge in [0.1, 0.15) is 5.82 Å². The van der Waals surface area contributed by atoms with E-state index >= 15 is 0 Å². The molecular weight excluding hydrogens is 184 g/mol. The summed E-state index contributed by atoms with van der Waals surface area (Å²) in [7, 11) is 0. The Hall–Kier alpha value is -2.09. The first-order valence-corrected chi connectivity index (χ1v) is 4.94. The zero-order chi connectivity index (χ0) is 10.1. The molecule has 0 atom stereocenters. The lowest BCUT2D eigenvalue weighted by Crippen LogP contribution is -1.90. The van der Waals surface area contributed by atoms with E-state index in [0.717, 1.165) is 16.9 Å². The summed E-state index contributed by atoms with van der Waals surface area (Å²) in [6.45, 7) is 0. The predicted octanol–water partition coefficient (Wildman–Crippen LogP) is 3.09. The van der Waals surface area contributed by atoms with E-state index in [0.29, 0.717) is 0 Å². The molecule has 1 aliphatic heterocycles. The first-order valence-electron chi connectivity index (χ1n) is 4.94. The van der Waals surface area contributed by atoms with E-state index in [-0.39, 0.29) is 0 Å². The largest absolute Gasteiger partial charge is 0.300 e. The van der Waals surface area contributed by atoms with Gasteiger partial charge in [0.25, 0.3) is 0 Å². The number of para-hydroxylation sites is 2. The molecule has 0 aliphatic carbocycles. The minimum Gasteiger partial charge on any atom is -0.300 e. The molecule has 15 heavy (non-hydrogen) atoms. The van der Waals surface area contributed by atoms with Crippen LogP contribution in [0.2, 0.25) is 0 Å². The highest BCUT2D eigenvalue weighted by Crippen LogP contribution is 2.18. The van der Waals surface area contributed by atoms with Gasteiger partial charge in [-0.25, -0.2) is 4.98 Å². The number of nitrogens with zero attached hydrogens (tertiary/aromatic N) is 2. The molecule has 2 aromatic rings. The van der Waals surface area contributed by atoms with Gasteiger partial charge >= 0.3 is 0 Å². The molecule has 0 unspecified atom stereocenters. The molecule has 0 radical (unpaired) electrons. The minimum absolute atomic E-state index is 0.969. The van der Waals surface area contributed by atoms with Crippen LogP contribution in [0.1, 0.15) is 5.82 Å². The molecule has 0 fully saturated rings. The zero-order valence-corrected chi connectivity index (χ0v) is 8.17. The number of imidazole rings is 1. The SMILES string of the molecule is C1=CC=Cn2c(nc3ccccc32)C=C1. The number of allylic oxidation sites excluding steroid dienone is 4. The second-order valence-electron chi connectivity index (χ2n) is 3.41. The number of fused-ring (bicyclic) bond motifs is 3. The molecule has 1 aromatic heterocycles. The number of benzene rings is 1. The average Bonchev–Trinajstić information content (AvgIpc) is 2.55. The summed E-state index contributed by atoms with van der Waals surface area (Å²) in [6, 6.07) is 8.15. The van der Waals surface area contributed by atoms with E-state index in [1.165, 1.54) is 0 Å². The van der Waals surface area contributed by atoms with Gasteiger partial charge < -0.3 is 0 Å². The quantitative estimate of drug-likeness (QED) is 0.630. The predicted molar refractivity (Wildman–Crippen MR) is 63.2 cm³/mol. The molecule has 72 valence electrons. The van der Waals surface area contributed by atoms with Crippen molar-refractivity contribution in [2.75, 3.05) is 0 Å². The topological polar surface area (TPSA) is 17.8 Å². The lowest BCUT2D eigenvalue weighted by molar-refractivity contribution is 1.14. The summed E-state index contributed by atoms with van der Waals surface area (Å²) in [6.07, 6.45) is 12.1. The van der Waals surface area contributed by atoms with Gasteiger partial charge in [0, 0.05) is 6.20 Å². The van der Waals surface area contributed by atoms with E-state index in [1.807, 2.05) is 54.8 Å². The van der Waals surface area contributed by atoms with Gasteiger partial charge in [-0.15, -0.1) is 0 Å². The van der Waals surface area contributed by atoms with Crippen molar-refractivity contribution < 1.29 is 0 Å². The Balaban J connectivity index is 2.36. The van der Waals surface area contributed by atoms with Crippen molar-refractivity contribution in [2.45, 2.75) is 0 Å². The van der Waals surface area contributed by atoms with Crippen molar-refractivity contribution in [3.05, 3.63) is 54.4 Å². The maximum atomic E-state index is 4.55. The first-order chi connectivity index (χ1) is 7.45. The molecular formula is C13H10N2. The molecule has 1 aliphatic rings. The Morgan fingerprint density at radius 3 is 2.80 bits per heavy atom. The molecule has 0 amide bonds. The summed E-state index contributed by atoms with van der Waals surface area (Å²) in [5.74, 6) is 0.969. The lowest BCUT2D eigenvalue weighted by atomic mass is 10.3. The van der Waals surface area contributed by atoms with Crippen molar-refractivity contribution in [1.82, 2.24) is 9.55 Å². The highest BCUT2D eigenvalue weighted by Gasteiger charge is 2.05. The van der Waals surface area contributed by atoms with E-state index < -0.39 is 0 Å². The van der Waals surface area contributed by atoms with E-state index in [2.05, 4.69) is 15.6 Å². The van der Waals surface area contributed by atoms with Crippen LogP contribution in [0.15, 0.2) is 48.6 Å². The maximum absolute atomic E-state index is 4.55. The Kier molecular flexibility index (Phi) is 1.78. The first kappa shape index (κ1) is 8.24. The Morgan fingerprint density at radius 2 is 1.80 bits per heavy atom. The van der Waals surface area contributed by atoms with Crippen LogP contribution in [0.3, 0.4) is 0 Å². The van der Waals surface area contributed by atoms with Gasteiger partial charge in [0.05, 0.1) is 11.0 Å². The molecule has 0 saturated heterocycles. The van der Waals surface area contributed by atoms with Crippen molar-refractivity contribution in [2.24, 2.45) is 0 Å². The fourth-order valence-electron chi connectivity index (χ4n) is 1.74. The molecule has 1 aromatic carbocycles. The molecule has 0 bridgehead atoms. The second kappa shape index (κ2) is 3.24. The van der Waals surface area contributed by atoms with Gasteiger partial charge in [-0.2, -0.15) is 0 Å². The molecule has 2 heteroatoms.